The van der Waals surface area contributed by atoms with Crippen molar-refractivity contribution in [1.29, 1.82) is 0 Å². The molecule has 114 valence electrons. The van der Waals surface area contributed by atoms with Crippen LogP contribution in [0.5, 0.6) is 11.5 Å². The lowest BCUT2D eigenvalue weighted by Gasteiger charge is -2.33. The number of hydrogen-bond acceptors (Lipinski definition) is 3. The third kappa shape index (κ3) is 2.26. The van der Waals surface area contributed by atoms with Crippen LogP contribution in [0.25, 0.3) is 0 Å². The summed E-state index contributed by atoms with van der Waals surface area (Å²) in [5.41, 5.74) is 5.58. The summed E-state index contributed by atoms with van der Waals surface area (Å²) in [4.78, 5) is 2.39. The second-order valence-corrected chi connectivity index (χ2v) is 6.28. The van der Waals surface area contributed by atoms with Crippen LogP contribution in [-0.2, 0) is 13.0 Å². The predicted octanol–water partition coefficient (Wildman–Crippen LogP) is 3.21. The summed E-state index contributed by atoms with van der Waals surface area (Å²) in [6.07, 6.45) is 1.04. The summed E-state index contributed by atoms with van der Waals surface area (Å²) in [5, 5.41) is 0. The topological polar surface area (TPSA) is 21.7 Å². The molecule has 0 aromatic heterocycles. The van der Waals surface area contributed by atoms with Gasteiger partial charge in [0, 0.05) is 25.4 Å². The van der Waals surface area contributed by atoms with E-state index in [9.17, 15) is 0 Å². The molecule has 1 atom stereocenters. The highest BCUT2D eigenvalue weighted by atomic mass is 16.5. The first kappa shape index (κ1) is 13.6. The quantitative estimate of drug-likeness (QED) is 0.849. The molecule has 0 radical (unpaired) electrons. The molecular weight excluding hydrogens is 274 g/mol. The Morgan fingerprint density at radius 2 is 1.95 bits per heavy atom. The average molecular weight is 295 g/mol. The molecule has 0 amide bonds. The molecule has 0 saturated heterocycles. The van der Waals surface area contributed by atoms with Gasteiger partial charge in [0.15, 0.2) is 0 Å². The number of rotatable bonds is 2. The Morgan fingerprint density at radius 3 is 2.73 bits per heavy atom. The van der Waals surface area contributed by atoms with Gasteiger partial charge in [-0.05, 0) is 47.5 Å². The lowest BCUT2D eigenvalue weighted by molar-refractivity contribution is 0.293. The monoisotopic (exact) mass is 295 g/mol. The summed E-state index contributed by atoms with van der Waals surface area (Å²) in [6.45, 7) is 2.87. The largest absolute Gasteiger partial charge is 0.497 e. The molecule has 1 unspecified atom stereocenters. The maximum Gasteiger partial charge on any atom is 0.122 e. The number of likely N-dealkylation sites (N-methyl/N-ethyl adjacent to an activating group) is 1. The number of methoxy groups -OCH3 is 1. The summed E-state index contributed by atoms with van der Waals surface area (Å²) in [7, 11) is 3.90. The van der Waals surface area contributed by atoms with E-state index in [0.29, 0.717) is 5.92 Å². The Bertz CT molecular complexity index is 693. The van der Waals surface area contributed by atoms with E-state index in [4.69, 9.17) is 9.47 Å². The second kappa shape index (κ2) is 5.33. The molecule has 2 heterocycles. The number of fused-ring (bicyclic) bond motifs is 2. The first-order valence-corrected chi connectivity index (χ1v) is 7.85. The molecule has 0 aliphatic carbocycles. The van der Waals surface area contributed by atoms with Crippen LogP contribution in [0.2, 0.25) is 0 Å². The molecule has 0 fully saturated rings. The van der Waals surface area contributed by atoms with Crippen LogP contribution in [0.4, 0.5) is 0 Å². The average Bonchev–Trinajstić information content (AvgIpc) is 2.99. The standard InChI is InChI=1S/C19H21NO2/c1-20-11-15-10-19-14(7-8-22-19)9-17(15)18(12-20)13-3-5-16(21-2)6-4-13/h3-6,9-10,18H,7-8,11-12H2,1-2H3. The fraction of sp³-hybridized carbons (Fsp3) is 0.368. The normalized spacial score (nSPS) is 20.2. The van der Waals surface area contributed by atoms with Crippen molar-refractivity contribution in [2.75, 3.05) is 27.3 Å². The summed E-state index contributed by atoms with van der Waals surface area (Å²) >= 11 is 0. The molecule has 2 aromatic rings. The van der Waals surface area contributed by atoms with E-state index in [2.05, 4.69) is 48.3 Å². The van der Waals surface area contributed by atoms with E-state index in [1.165, 1.54) is 22.3 Å². The third-order valence-corrected chi connectivity index (χ3v) is 4.78. The minimum atomic E-state index is 0.422. The number of hydrogen-bond donors (Lipinski definition) is 0. The zero-order valence-electron chi connectivity index (χ0n) is 13.1. The molecule has 4 rings (SSSR count). The van der Waals surface area contributed by atoms with Gasteiger partial charge in [0.25, 0.3) is 0 Å². The fourth-order valence-corrected chi connectivity index (χ4v) is 3.63. The summed E-state index contributed by atoms with van der Waals surface area (Å²) in [5.74, 6) is 2.42. The Kier molecular flexibility index (Phi) is 3.30. The molecule has 0 saturated carbocycles. The van der Waals surface area contributed by atoms with E-state index in [1.807, 2.05) is 0 Å². The predicted molar refractivity (Wildman–Crippen MR) is 86.8 cm³/mol. The molecule has 3 nitrogen and oxygen atoms in total. The molecule has 2 aliphatic heterocycles. The maximum absolute atomic E-state index is 5.74. The highest BCUT2D eigenvalue weighted by molar-refractivity contribution is 5.50. The Morgan fingerprint density at radius 1 is 1.14 bits per heavy atom. The van der Waals surface area contributed by atoms with Gasteiger partial charge in [0.2, 0.25) is 0 Å². The number of ether oxygens (including phenoxy) is 2. The zero-order chi connectivity index (χ0) is 15.1. The first-order chi connectivity index (χ1) is 10.7. The molecule has 2 aromatic carbocycles. The van der Waals surface area contributed by atoms with Crippen molar-refractivity contribution in [3.63, 3.8) is 0 Å². The van der Waals surface area contributed by atoms with Gasteiger partial charge in [-0.15, -0.1) is 0 Å². The van der Waals surface area contributed by atoms with Crippen molar-refractivity contribution < 1.29 is 9.47 Å². The van der Waals surface area contributed by atoms with Crippen LogP contribution in [0, 0.1) is 0 Å². The number of benzene rings is 2. The maximum atomic E-state index is 5.74. The Balaban J connectivity index is 1.77. The minimum absolute atomic E-state index is 0.422. The van der Waals surface area contributed by atoms with Crippen molar-refractivity contribution in [2.45, 2.75) is 18.9 Å². The van der Waals surface area contributed by atoms with E-state index in [0.717, 1.165) is 37.6 Å². The SMILES string of the molecule is COc1ccc(C2CN(C)Cc3cc4c(cc32)CCO4)cc1. The van der Waals surface area contributed by atoms with Crippen LogP contribution in [-0.4, -0.2) is 32.2 Å². The highest BCUT2D eigenvalue weighted by Crippen LogP contribution is 2.38. The van der Waals surface area contributed by atoms with Crippen molar-refractivity contribution in [3.8, 4) is 11.5 Å². The van der Waals surface area contributed by atoms with Gasteiger partial charge in [-0.25, -0.2) is 0 Å². The Hall–Kier alpha value is -2.00. The van der Waals surface area contributed by atoms with Crippen LogP contribution >= 0.6 is 0 Å². The van der Waals surface area contributed by atoms with Crippen LogP contribution in [0.1, 0.15) is 28.2 Å². The summed E-state index contributed by atoms with van der Waals surface area (Å²) < 4.78 is 11.0. The first-order valence-electron chi connectivity index (χ1n) is 7.85. The Labute approximate surface area is 131 Å². The van der Waals surface area contributed by atoms with Gasteiger partial charge in [-0.1, -0.05) is 18.2 Å². The molecule has 3 heteroatoms. The third-order valence-electron chi connectivity index (χ3n) is 4.78. The second-order valence-electron chi connectivity index (χ2n) is 6.28. The van der Waals surface area contributed by atoms with Gasteiger partial charge >= 0.3 is 0 Å². The number of nitrogens with zero attached hydrogens (tertiary/aromatic N) is 1. The van der Waals surface area contributed by atoms with E-state index >= 15 is 0 Å². The van der Waals surface area contributed by atoms with E-state index in [-0.39, 0.29) is 0 Å². The molecule has 0 spiro atoms. The van der Waals surface area contributed by atoms with Crippen molar-refractivity contribution in [3.05, 3.63) is 58.7 Å². The van der Waals surface area contributed by atoms with Crippen molar-refractivity contribution in [1.82, 2.24) is 4.90 Å². The zero-order valence-corrected chi connectivity index (χ0v) is 13.1. The highest BCUT2D eigenvalue weighted by Gasteiger charge is 2.27. The van der Waals surface area contributed by atoms with Crippen molar-refractivity contribution >= 4 is 0 Å². The van der Waals surface area contributed by atoms with Crippen LogP contribution < -0.4 is 9.47 Å². The molecular formula is C19H21NO2. The van der Waals surface area contributed by atoms with Gasteiger partial charge in [0.1, 0.15) is 11.5 Å². The fourth-order valence-electron chi connectivity index (χ4n) is 3.63. The van der Waals surface area contributed by atoms with E-state index in [1.54, 1.807) is 7.11 Å². The van der Waals surface area contributed by atoms with Crippen LogP contribution in [0.15, 0.2) is 36.4 Å². The van der Waals surface area contributed by atoms with Gasteiger partial charge in [-0.3, -0.25) is 0 Å². The molecule has 0 N–H and O–H groups in total. The van der Waals surface area contributed by atoms with Gasteiger partial charge in [0.05, 0.1) is 13.7 Å². The smallest absolute Gasteiger partial charge is 0.122 e. The van der Waals surface area contributed by atoms with Crippen molar-refractivity contribution in [2.24, 2.45) is 0 Å². The molecule has 0 bridgehead atoms. The van der Waals surface area contributed by atoms with Gasteiger partial charge < -0.3 is 14.4 Å². The molecule has 22 heavy (non-hydrogen) atoms. The molecule has 2 aliphatic rings. The lowest BCUT2D eigenvalue weighted by atomic mass is 9.83. The minimum Gasteiger partial charge on any atom is -0.497 e. The van der Waals surface area contributed by atoms with Crippen LogP contribution in [0.3, 0.4) is 0 Å². The lowest BCUT2D eigenvalue weighted by Crippen LogP contribution is -2.31. The van der Waals surface area contributed by atoms with Gasteiger partial charge in [-0.2, -0.15) is 0 Å². The van der Waals surface area contributed by atoms with E-state index < -0.39 is 0 Å². The summed E-state index contributed by atoms with van der Waals surface area (Å²) in [6, 6.07) is 13.1.